The predicted octanol–water partition coefficient (Wildman–Crippen LogP) is 4.52. The fourth-order valence-corrected chi connectivity index (χ4v) is 3.67. The Morgan fingerprint density at radius 1 is 1.17 bits per heavy atom. The van der Waals surface area contributed by atoms with Gasteiger partial charge in [-0.15, -0.1) is 0 Å². The molecule has 0 spiro atoms. The Labute approximate surface area is 138 Å². The van der Waals surface area contributed by atoms with Gasteiger partial charge in [-0.1, -0.05) is 45.0 Å². The summed E-state index contributed by atoms with van der Waals surface area (Å²) < 4.78 is 0. The molecular formula is C20H26N2O. The molecule has 1 aliphatic rings. The maximum absolute atomic E-state index is 13.3. The molecule has 3 nitrogen and oxygen atoms in total. The third-order valence-electron chi connectivity index (χ3n) is 5.15. The second-order valence-electron chi connectivity index (χ2n) is 7.19. The van der Waals surface area contributed by atoms with E-state index in [1.807, 2.05) is 30.5 Å². The normalized spacial score (nSPS) is 22.3. The van der Waals surface area contributed by atoms with Gasteiger partial charge in [0.05, 0.1) is 5.56 Å². The van der Waals surface area contributed by atoms with Gasteiger partial charge in [0, 0.05) is 30.4 Å². The van der Waals surface area contributed by atoms with Gasteiger partial charge in [-0.2, -0.15) is 0 Å². The third-order valence-corrected chi connectivity index (χ3v) is 5.15. The number of amides is 1. The van der Waals surface area contributed by atoms with E-state index >= 15 is 0 Å². The lowest BCUT2D eigenvalue weighted by atomic mass is 9.95. The molecule has 0 radical (unpaired) electrons. The molecule has 1 aromatic carbocycles. The van der Waals surface area contributed by atoms with Crippen LogP contribution < -0.4 is 0 Å². The molecule has 3 rings (SSSR count). The highest BCUT2D eigenvalue weighted by molar-refractivity contribution is 6.06. The molecule has 1 fully saturated rings. The minimum atomic E-state index is 0.141. The zero-order valence-corrected chi connectivity index (χ0v) is 14.3. The van der Waals surface area contributed by atoms with E-state index in [0.29, 0.717) is 17.9 Å². The number of fused-ring (bicyclic) bond motifs is 1. The molecule has 0 bridgehead atoms. The second kappa shape index (κ2) is 6.69. The number of aromatic nitrogens is 1. The fraction of sp³-hybridized carbons (Fsp3) is 0.500. The van der Waals surface area contributed by atoms with E-state index in [0.717, 1.165) is 35.7 Å². The Morgan fingerprint density at radius 3 is 2.74 bits per heavy atom. The van der Waals surface area contributed by atoms with E-state index in [2.05, 4.69) is 30.7 Å². The molecule has 23 heavy (non-hydrogen) atoms. The molecule has 0 N–H and O–H groups in total. The highest BCUT2D eigenvalue weighted by atomic mass is 16.2. The maximum atomic E-state index is 13.3. The summed E-state index contributed by atoms with van der Waals surface area (Å²) >= 11 is 0. The number of hydrogen-bond acceptors (Lipinski definition) is 2. The maximum Gasteiger partial charge on any atom is 0.256 e. The molecule has 2 unspecified atom stereocenters. The largest absolute Gasteiger partial charge is 0.335 e. The summed E-state index contributed by atoms with van der Waals surface area (Å²) in [7, 11) is 0. The van der Waals surface area contributed by atoms with Crippen molar-refractivity contribution in [3.05, 3.63) is 42.2 Å². The van der Waals surface area contributed by atoms with Crippen LogP contribution in [0.1, 0.15) is 50.4 Å². The second-order valence-corrected chi connectivity index (χ2v) is 7.19. The summed E-state index contributed by atoms with van der Waals surface area (Å²) in [5, 5.41) is 2.04. The van der Waals surface area contributed by atoms with E-state index in [4.69, 9.17) is 0 Å². The minimum absolute atomic E-state index is 0.141. The lowest BCUT2D eigenvalue weighted by Crippen LogP contribution is -2.43. The molecule has 2 atom stereocenters. The average Bonchev–Trinajstić information content (AvgIpc) is 2.75. The van der Waals surface area contributed by atoms with Crippen molar-refractivity contribution in [1.29, 1.82) is 0 Å². The van der Waals surface area contributed by atoms with Gasteiger partial charge in [-0.3, -0.25) is 9.78 Å². The van der Waals surface area contributed by atoms with Crippen LogP contribution in [0.15, 0.2) is 36.7 Å². The Kier molecular flexibility index (Phi) is 4.65. The number of pyridine rings is 1. The first-order chi connectivity index (χ1) is 11.1. The SMILES string of the molecule is CC1CCC(C(C)C)N(C(=O)c2cncc3ccccc23)CC1. The van der Waals surface area contributed by atoms with Crippen molar-refractivity contribution in [2.75, 3.05) is 6.54 Å². The minimum Gasteiger partial charge on any atom is -0.335 e. The van der Waals surface area contributed by atoms with Crippen LogP contribution in [-0.4, -0.2) is 28.4 Å². The standard InChI is InChI=1S/C20H26N2O/c1-14(2)19-9-8-15(3)10-11-22(19)20(23)18-13-21-12-16-6-4-5-7-17(16)18/h4-7,12-15,19H,8-11H2,1-3H3. The van der Waals surface area contributed by atoms with E-state index < -0.39 is 0 Å². The van der Waals surface area contributed by atoms with Gasteiger partial charge < -0.3 is 4.90 Å². The molecule has 2 heterocycles. The number of likely N-dealkylation sites (tertiary alicyclic amines) is 1. The fourth-order valence-electron chi connectivity index (χ4n) is 3.67. The van der Waals surface area contributed by atoms with Crippen LogP contribution in [0, 0.1) is 11.8 Å². The Morgan fingerprint density at radius 2 is 1.96 bits per heavy atom. The van der Waals surface area contributed by atoms with Crippen molar-refractivity contribution in [3.63, 3.8) is 0 Å². The third kappa shape index (κ3) is 3.24. The van der Waals surface area contributed by atoms with Crippen molar-refractivity contribution in [2.24, 2.45) is 11.8 Å². The summed E-state index contributed by atoms with van der Waals surface area (Å²) in [6.07, 6.45) is 6.96. The molecule has 1 amide bonds. The van der Waals surface area contributed by atoms with Gasteiger partial charge in [0.25, 0.3) is 5.91 Å². The zero-order valence-electron chi connectivity index (χ0n) is 14.3. The highest BCUT2D eigenvalue weighted by Crippen LogP contribution is 2.28. The van der Waals surface area contributed by atoms with Crippen LogP contribution >= 0.6 is 0 Å². The Balaban J connectivity index is 1.99. The Hall–Kier alpha value is -1.90. The summed E-state index contributed by atoms with van der Waals surface area (Å²) in [5.74, 6) is 1.31. The van der Waals surface area contributed by atoms with Crippen molar-refractivity contribution in [2.45, 2.75) is 46.1 Å². The van der Waals surface area contributed by atoms with Crippen LogP contribution in [0.4, 0.5) is 0 Å². The van der Waals surface area contributed by atoms with Crippen molar-refractivity contribution in [1.82, 2.24) is 9.88 Å². The van der Waals surface area contributed by atoms with E-state index in [9.17, 15) is 4.79 Å². The molecule has 2 aromatic rings. The van der Waals surface area contributed by atoms with Gasteiger partial charge in [0.1, 0.15) is 0 Å². The topological polar surface area (TPSA) is 33.2 Å². The number of carbonyl (C=O) groups excluding carboxylic acids is 1. The number of nitrogens with zero attached hydrogens (tertiary/aromatic N) is 2. The molecule has 0 saturated carbocycles. The number of rotatable bonds is 2. The van der Waals surface area contributed by atoms with Crippen molar-refractivity contribution >= 4 is 16.7 Å². The summed E-state index contributed by atoms with van der Waals surface area (Å²) in [6.45, 7) is 7.60. The van der Waals surface area contributed by atoms with Crippen molar-refractivity contribution in [3.8, 4) is 0 Å². The number of hydrogen-bond donors (Lipinski definition) is 0. The van der Waals surface area contributed by atoms with Crippen LogP contribution in [-0.2, 0) is 0 Å². The average molecular weight is 310 g/mol. The number of carbonyl (C=O) groups is 1. The summed E-state index contributed by atoms with van der Waals surface area (Å²) in [4.78, 5) is 19.7. The molecule has 0 aliphatic carbocycles. The van der Waals surface area contributed by atoms with E-state index in [1.54, 1.807) is 6.20 Å². The van der Waals surface area contributed by atoms with Crippen LogP contribution in [0.25, 0.3) is 10.8 Å². The van der Waals surface area contributed by atoms with E-state index in [-0.39, 0.29) is 5.91 Å². The van der Waals surface area contributed by atoms with Gasteiger partial charge in [-0.25, -0.2) is 0 Å². The van der Waals surface area contributed by atoms with Gasteiger partial charge in [0.15, 0.2) is 0 Å². The zero-order chi connectivity index (χ0) is 16.4. The smallest absolute Gasteiger partial charge is 0.256 e. The van der Waals surface area contributed by atoms with Gasteiger partial charge in [-0.05, 0) is 36.5 Å². The van der Waals surface area contributed by atoms with Crippen molar-refractivity contribution < 1.29 is 4.79 Å². The molecule has 1 saturated heterocycles. The van der Waals surface area contributed by atoms with Gasteiger partial charge >= 0.3 is 0 Å². The quantitative estimate of drug-likeness (QED) is 0.817. The monoisotopic (exact) mass is 310 g/mol. The summed E-state index contributed by atoms with van der Waals surface area (Å²) in [5.41, 5.74) is 0.739. The lowest BCUT2D eigenvalue weighted by molar-refractivity contribution is 0.0633. The molecule has 3 heteroatoms. The first-order valence-electron chi connectivity index (χ1n) is 8.71. The van der Waals surface area contributed by atoms with Crippen LogP contribution in [0.5, 0.6) is 0 Å². The predicted molar refractivity (Wildman–Crippen MR) is 94.4 cm³/mol. The Bertz CT molecular complexity index is 690. The number of benzene rings is 1. The highest BCUT2D eigenvalue weighted by Gasteiger charge is 2.30. The molecule has 122 valence electrons. The molecular weight excluding hydrogens is 284 g/mol. The van der Waals surface area contributed by atoms with Crippen LogP contribution in [0.2, 0.25) is 0 Å². The lowest BCUT2D eigenvalue weighted by Gasteiger charge is -2.33. The van der Waals surface area contributed by atoms with Crippen LogP contribution in [0.3, 0.4) is 0 Å². The van der Waals surface area contributed by atoms with Gasteiger partial charge in [0.2, 0.25) is 0 Å². The van der Waals surface area contributed by atoms with E-state index in [1.165, 1.54) is 6.42 Å². The molecule has 1 aromatic heterocycles. The summed E-state index contributed by atoms with van der Waals surface area (Å²) in [6, 6.07) is 8.34. The molecule has 1 aliphatic heterocycles. The first-order valence-corrected chi connectivity index (χ1v) is 8.71. The first kappa shape index (κ1) is 16.0.